The molecule has 0 saturated carbocycles. The van der Waals surface area contributed by atoms with Crippen LogP contribution >= 0.6 is 0 Å². The van der Waals surface area contributed by atoms with E-state index in [4.69, 9.17) is 14.3 Å². The molecule has 0 aliphatic carbocycles. The maximum Gasteiger partial charge on any atom is 0.213 e. The summed E-state index contributed by atoms with van der Waals surface area (Å²) in [6, 6.07) is 14.1. The van der Waals surface area contributed by atoms with Crippen molar-refractivity contribution in [3.8, 4) is 17.1 Å². The first-order chi connectivity index (χ1) is 12.1. The number of rotatable bonds is 5. The second kappa shape index (κ2) is 7.53. The zero-order chi connectivity index (χ0) is 17.8. The average molecular weight is 338 g/mol. The number of nitrogens with one attached hydrogen (secondary N) is 1. The van der Waals surface area contributed by atoms with Crippen molar-refractivity contribution < 1.29 is 19.3 Å². The highest BCUT2D eigenvalue weighted by Gasteiger charge is 2.12. The summed E-state index contributed by atoms with van der Waals surface area (Å²) in [5.41, 5.74) is 4.19. The van der Waals surface area contributed by atoms with Crippen LogP contribution in [0.5, 0.6) is 5.75 Å². The van der Waals surface area contributed by atoms with Gasteiger partial charge in [-0.15, -0.1) is 0 Å². The number of methoxy groups -OCH3 is 1. The quantitative estimate of drug-likeness (QED) is 0.701. The van der Waals surface area contributed by atoms with Gasteiger partial charge in [0.05, 0.1) is 18.6 Å². The lowest BCUT2D eigenvalue weighted by Crippen LogP contribution is -2.76. The molecule has 2 aromatic carbocycles. The minimum atomic E-state index is 0.172. The second-order valence-electron chi connectivity index (χ2n) is 6.21. The normalized spacial score (nSPS) is 11.9. The molecule has 1 aromatic heterocycles. The Labute approximate surface area is 147 Å². The first kappa shape index (κ1) is 17.2. The van der Waals surface area contributed by atoms with Crippen LogP contribution in [0.3, 0.4) is 0 Å². The molecule has 1 heterocycles. The SMILES string of the molecule is COc1ccc(-c2cc(=[NH+]CCCO)c3c(C)cc(C)cc3o2)cc1. The third-order valence-electron chi connectivity index (χ3n) is 4.23. The van der Waals surface area contributed by atoms with Crippen molar-refractivity contribution in [1.82, 2.24) is 0 Å². The Morgan fingerprint density at radius 1 is 1.08 bits per heavy atom. The predicted molar refractivity (Wildman–Crippen MR) is 98.3 cm³/mol. The van der Waals surface area contributed by atoms with Crippen molar-refractivity contribution >= 4 is 11.0 Å². The summed E-state index contributed by atoms with van der Waals surface area (Å²) in [7, 11) is 1.66. The highest BCUT2D eigenvalue weighted by molar-refractivity contribution is 5.82. The van der Waals surface area contributed by atoms with Crippen LogP contribution < -0.4 is 15.1 Å². The van der Waals surface area contributed by atoms with Gasteiger partial charge in [-0.25, -0.2) is 4.99 Å². The van der Waals surface area contributed by atoms with E-state index in [2.05, 4.69) is 31.0 Å². The van der Waals surface area contributed by atoms with Gasteiger partial charge in [0, 0.05) is 18.6 Å². The minimum absolute atomic E-state index is 0.172. The van der Waals surface area contributed by atoms with E-state index in [1.165, 1.54) is 11.1 Å². The van der Waals surface area contributed by atoms with Gasteiger partial charge in [0.2, 0.25) is 5.36 Å². The van der Waals surface area contributed by atoms with Gasteiger partial charge >= 0.3 is 0 Å². The highest BCUT2D eigenvalue weighted by Crippen LogP contribution is 2.25. The van der Waals surface area contributed by atoms with Crippen molar-refractivity contribution in [1.29, 1.82) is 0 Å². The number of benzene rings is 2. The molecule has 4 heteroatoms. The van der Waals surface area contributed by atoms with Crippen LogP contribution in [0.15, 0.2) is 46.9 Å². The largest absolute Gasteiger partial charge is 0.497 e. The number of hydrogen-bond donors (Lipinski definition) is 2. The van der Waals surface area contributed by atoms with Gasteiger partial charge in [-0.2, -0.15) is 0 Å². The number of fused-ring (bicyclic) bond motifs is 1. The maximum absolute atomic E-state index is 9.06. The number of ether oxygens (including phenoxy) is 1. The van der Waals surface area contributed by atoms with Gasteiger partial charge in [0.1, 0.15) is 23.6 Å². The predicted octanol–water partition coefficient (Wildman–Crippen LogP) is 2.09. The standard InChI is InChI=1S/C21H23NO3/c1-14-11-15(2)21-18(22-9-4-10-23)13-19(25-20(21)12-14)16-5-7-17(24-3)8-6-16/h5-8,11-13,23H,4,9-10H2,1-3H3/p+1. The van der Waals surface area contributed by atoms with Gasteiger partial charge in [-0.1, -0.05) is 6.07 Å². The molecule has 0 fully saturated rings. The van der Waals surface area contributed by atoms with E-state index in [-0.39, 0.29) is 6.61 Å². The summed E-state index contributed by atoms with van der Waals surface area (Å²) in [6.45, 7) is 5.05. The van der Waals surface area contributed by atoms with Gasteiger partial charge < -0.3 is 14.3 Å². The van der Waals surface area contributed by atoms with Crippen LogP contribution in [0.2, 0.25) is 0 Å². The molecule has 2 N–H and O–H groups in total. The first-order valence-electron chi connectivity index (χ1n) is 8.49. The molecule has 0 aliphatic heterocycles. The van der Waals surface area contributed by atoms with Crippen molar-refractivity contribution in [2.45, 2.75) is 20.3 Å². The topological polar surface area (TPSA) is 56.6 Å². The van der Waals surface area contributed by atoms with Gasteiger partial charge in [-0.3, -0.25) is 0 Å². The minimum Gasteiger partial charge on any atom is -0.497 e. The molecule has 0 atom stereocenters. The molecule has 0 bridgehead atoms. The summed E-state index contributed by atoms with van der Waals surface area (Å²) < 4.78 is 11.4. The zero-order valence-electron chi connectivity index (χ0n) is 14.9. The summed E-state index contributed by atoms with van der Waals surface area (Å²) in [5, 5.41) is 11.2. The lowest BCUT2D eigenvalue weighted by Gasteiger charge is -2.07. The molecule has 130 valence electrons. The van der Waals surface area contributed by atoms with Gasteiger partial charge in [0.25, 0.3) is 0 Å². The molecular formula is C21H24NO3+. The number of hydrogen-bond acceptors (Lipinski definition) is 3. The fourth-order valence-corrected chi connectivity index (χ4v) is 3.04. The Bertz CT molecular complexity index is 940. The number of aliphatic hydroxyl groups excluding tert-OH is 1. The third-order valence-corrected chi connectivity index (χ3v) is 4.23. The molecule has 0 saturated heterocycles. The molecule has 0 unspecified atom stereocenters. The summed E-state index contributed by atoms with van der Waals surface area (Å²) in [4.78, 5) is 3.44. The van der Waals surface area contributed by atoms with Gasteiger partial charge in [-0.05, 0) is 55.3 Å². The van der Waals surface area contributed by atoms with Crippen molar-refractivity contribution in [2.75, 3.05) is 20.3 Å². The van der Waals surface area contributed by atoms with E-state index in [9.17, 15) is 0 Å². The molecule has 3 aromatic rings. The fourth-order valence-electron chi connectivity index (χ4n) is 3.04. The zero-order valence-corrected chi connectivity index (χ0v) is 14.9. The number of aliphatic hydroxyl groups is 1. The molecule has 3 rings (SSSR count). The van der Waals surface area contributed by atoms with Gasteiger partial charge in [0.15, 0.2) is 0 Å². The molecule has 0 amide bonds. The highest BCUT2D eigenvalue weighted by atomic mass is 16.5. The summed E-state index contributed by atoms with van der Waals surface area (Å²) in [6.07, 6.45) is 0.705. The summed E-state index contributed by atoms with van der Waals surface area (Å²) >= 11 is 0. The molecular weight excluding hydrogens is 314 g/mol. The maximum atomic E-state index is 9.06. The Kier molecular flexibility index (Phi) is 5.19. The van der Waals surface area contributed by atoms with E-state index in [0.717, 1.165) is 33.4 Å². The second-order valence-corrected chi connectivity index (χ2v) is 6.21. The van der Waals surface area contributed by atoms with Crippen molar-refractivity contribution in [2.24, 2.45) is 0 Å². The van der Waals surface area contributed by atoms with Crippen LogP contribution in [-0.2, 0) is 0 Å². The molecule has 0 spiro atoms. The molecule has 0 aliphatic rings. The average Bonchev–Trinajstić information content (AvgIpc) is 2.61. The third kappa shape index (κ3) is 3.74. The number of aryl methyl sites for hydroxylation is 2. The van der Waals surface area contributed by atoms with E-state index in [1.807, 2.05) is 30.3 Å². The van der Waals surface area contributed by atoms with Crippen LogP contribution in [-0.4, -0.2) is 25.4 Å². The van der Waals surface area contributed by atoms with Crippen LogP contribution in [0.4, 0.5) is 0 Å². The Hall–Kier alpha value is -2.59. The van der Waals surface area contributed by atoms with Crippen molar-refractivity contribution in [3.05, 3.63) is 58.9 Å². The fraction of sp³-hybridized carbons (Fsp3) is 0.286. The molecule has 4 nitrogen and oxygen atoms in total. The molecule has 0 radical (unpaired) electrons. The van der Waals surface area contributed by atoms with E-state index < -0.39 is 0 Å². The molecule has 25 heavy (non-hydrogen) atoms. The van der Waals surface area contributed by atoms with Crippen LogP contribution in [0.1, 0.15) is 17.5 Å². The monoisotopic (exact) mass is 338 g/mol. The Morgan fingerprint density at radius 3 is 2.52 bits per heavy atom. The smallest absolute Gasteiger partial charge is 0.213 e. The Morgan fingerprint density at radius 2 is 1.84 bits per heavy atom. The summed E-state index contributed by atoms with van der Waals surface area (Å²) in [5.74, 6) is 1.61. The van der Waals surface area contributed by atoms with Crippen LogP contribution in [0, 0.1) is 13.8 Å². The Balaban J connectivity index is 2.21. The lowest BCUT2D eigenvalue weighted by molar-refractivity contribution is -0.500. The first-order valence-corrected chi connectivity index (χ1v) is 8.49. The van der Waals surface area contributed by atoms with Crippen molar-refractivity contribution in [3.63, 3.8) is 0 Å². The van der Waals surface area contributed by atoms with E-state index >= 15 is 0 Å². The van der Waals surface area contributed by atoms with E-state index in [1.54, 1.807) is 7.11 Å². The van der Waals surface area contributed by atoms with Crippen LogP contribution in [0.25, 0.3) is 22.3 Å². The lowest BCUT2D eigenvalue weighted by atomic mass is 10.0. The van der Waals surface area contributed by atoms with E-state index in [0.29, 0.717) is 13.0 Å².